The molecule has 23 heavy (non-hydrogen) atoms. The second kappa shape index (κ2) is 6.72. The van der Waals surface area contributed by atoms with Crippen LogP contribution in [0.5, 0.6) is 0 Å². The molecule has 124 valence electrons. The van der Waals surface area contributed by atoms with Gasteiger partial charge in [0.15, 0.2) is 5.78 Å². The summed E-state index contributed by atoms with van der Waals surface area (Å²) in [5.41, 5.74) is 0.936. The van der Waals surface area contributed by atoms with Gasteiger partial charge < -0.3 is 9.72 Å². The standard InChI is InChI=1S/C15H17F2N3O3/c1-4-23-15(22)11-6-18-20(13(11)14(16)17)7-12(21)10-5-8(2)19-9(10)3/h5-6,14,19H,4,7H2,1-3H3. The van der Waals surface area contributed by atoms with Crippen molar-refractivity contribution in [3.05, 3.63) is 40.5 Å². The van der Waals surface area contributed by atoms with Crippen molar-refractivity contribution in [2.75, 3.05) is 6.61 Å². The van der Waals surface area contributed by atoms with Gasteiger partial charge in [0.25, 0.3) is 6.43 Å². The Kier molecular flexibility index (Phi) is 4.92. The van der Waals surface area contributed by atoms with Crippen molar-refractivity contribution in [1.29, 1.82) is 0 Å². The highest BCUT2D eigenvalue weighted by Gasteiger charge is 2.27. The minimum atomic E-state index is -2.95. The van der Waals surface area contributed by atoms with E-state index in [1.54, 1.807) is 26.8 Å². The van der Waals surface area contributed by atoms with Crippen molar-refractivity contribution in [1.82, 2.24) is 14.8 Å². The van der Waals surface area contributed by atoms with Gasteiger partial charge in [-0.15, -0.1) is 0 Å². The Bertz CT molecular complexity index is 734. The molecule has 0 aliphatic heterocycles. The Morgan fingerprint density at radius 3 is 2.57 bits per heavy atom. The molecule has 0 saturated carbocycles. The van der Waals surface area contributed by atoms with Crippen molar-refractivity contribution < 1.29 is 23.1 Å². The third-order valence-corrected chi connectivity index (χ3v) is 3.33. The lowest BCUT2D eigenvalue weighted by molar-refractivity contribution is 0.0512. The first kappa shape index (κ1) is 16.9. The van der Waals surface area contributed by atoms with Gasteiger partial charge in [0.2, 0.25) is 0 Å². The van der Waals surface area contributed by atoms with Crippen LogP contribution in [-0.2, 0) is 11.3 Å². The van der Waals surface area contributed by atoms with E-state index in [0.29, 0.717) is 11.3 Å². The largest absolute Gasteiger partial charge is 0.462 e. The number of ether oxygens (including phenoxy) is 1. The van der Waals surface area contributed by atoms with Crippen LogP contribution in [0.2, 0.25) is 0 Å². The van der Waals surface area contributed by atoms with E-state index in [1.807, 2.05) is 0 Å². The summed E-state index contributed by atoms with van der Waals surface area (Å²) >= 11 is 0. The number of alkyl halides is 2. The molecule has 2 rings (SSSR count). The van der Waals surface area contributed by atoms with Gasteiger partial charge in [0.1, 0.15) is 17.8 Å². The lowest BCUT2D eigenvalue weighted by Gasteiger charge is -2.08. The molecule has 8 heteroatoms. The quantitative estimate of drug-likeness (QED) is 0.654. The Labute approximate surface area is 131 Å². The third kappa shape index (κ3) is 3.46. The molecule has 0 atom stereocenters. The average molecular weight is 325 g/mol. The zero-order chi connectivity index (χ0) is 17.1. The molecule has 2 aromatic heterocycles. The maximum absolute atomic E-state index is 13.3. The summed E-state index contributed by atoms with van der Waals surface area (Å²) in [6, 6.07) is 1.65. The van der Waals surface area contributed by atoms with E-state index in [4.69, 9.17) is 4.74 Å². The first-order valence-corrected chi connectivity index (χ1v) is 7.05. The molecular weight excluding hydrogens is 308 g/mol. The SMILES string of the molecule is CCOC(=O)c1cnn(CC(=O)c2cc(C)[nH]c2C)c1C(F)F. The molecule has 0 unspecified atom stereocenters. The number of nitrogens with zero attached hydrogens (tertiary/aromatic N) is 2. The number of Topliss-reactive ketones (excluding diaryl/α,β-unsaturated/α-hetero) is 1. The number of esters is 1. The van der Waals surface area contributed by atoms with Crippen molar-refractivity contribution in [3.8, 4) is 0 Å². The van der Waals surface area contributed by atoms with Crippen LogP contribution in [0.4, 0.5) is 8.78 Å². The van der Waals surface area contributed by atoms with Gasteiger partial charge >= 0.3 is 5.97 Å². The summed E-state index contributed by atoms with van der Waals surface area (Å²) in [6.45, 7) is 4.78. The third-order valence-electron chi connectivity index (χ3n) is 3.33. The predicted octanol–water partition coefficient (Wildman–Crippen LogP) is 2.83. The number of carbonyl (C=O) groups excluding carboxylic acids is 2. The van der Waals surface area contributed by atoms with E-state index in [2.05, 4.69) is 10.1 Å². The van der Waals surface area contributed by atoms with Gasteiger partial charge in [-0.1, -0.05) is 0 Å². The van der Waals surface area contributed by atoms with Crippen LogP contribution in [-0.4, -0.2) is 33.1 Å². The highest BCUT2D eigenvalue weighted by atomic mass is 19.3. The topological polar surface area (TPSA) is 77.0 Å². The fourth-order valence-corrected chi connectivity index (χ4v) is 2.35. The molecule has 0 bridgehead atoms. The van der Waals surface area contributed by atoms with Crippen molar-refractivity contribution in [2.45, 2.75) is 33.7 Å². The smallest absolute Gasteiger partial charge is 0.341 e. The summed E-state index contributed by atoms with van der Waals surface area (Å²) in [4.78, 5) is 27.0. The summed E-state index contributed by atoms with van der Waals surface area (Å²) in [5, 5.41) is 3.75. The van der Waals surface area contributed by atoms with Crippen molar-refractivity contribution in [2.24, 2.45) is 0 Å². The van der Waals surface area contributed by atoms with Crippen molar-refractivity contribution in [3.63, 3.8) is 0 Å². The number of aromatic nitrogens is 3. The van der Waals surface area contributed by atoms with Gasteiger partial charge in [-0.3, -0.25) is 9.48 Å². The van der Waals surface area contributed by atoms with Gasteiger partial charge in [0, 0.05) is 17.0 Å². The van der Waals surface area contributed by atoms with Gasteiger partial charge in [-0.25, -0.2) is 13.6 Å². The number of nitrogens with one attached hydrogen (secondary N) is 1. The zero-order valence-corrected chi connectivity index (χ0v) is 13.0. The van der Waals surface area contributed by atoms with E-state index < -0.39 is 18.1 Å². The molecule has 0 saturated heterocycles. The van der Waals surface area contributed by atoms with Crippen LogP contribution in [0, 0.1) is 13.8 Å². The van der Waals surface area contributed by atoms with Crippen molar-refractivity contribution >= 4 is 11.8 Å². The zero-order valence-electron chi connectivity index (χ0n) is 13.0. The normalized spacial score (nSPS) is 11.0. The minimum absolute atomic E-state index is 0.0629. The number of aromatic amines is 1. The molecule has 2 aromatic rings. The molecule has 2 heterocycles. The molecule has 1 N–H and O–H groups in total. The Balaban J connectivity index is 2.31. The molecule has 0 fully saturated rings. The van der Waals surface area contributed by atoms with E-state index in [-0.39, 0.29) is 24.5 Å². The Morgan fingerprint density at radius 1 is 1.35 bits per heavy atom. The summed E-state index contributed by atoms with van der Waals surface area (Å²) in [6.07, 6.45) is -1.94. The predicted molar refractivity (Wildman–Crippen MR) is 77.7 cm³/mol. The molecular formula is C15H17F2N3O3. The molecule has 0 aliphatic rings. The Morgan fingerprint density at radius 2 is 2.04 bits per heavy atom. The minimum Gasteiger partial charge on any atom is -0.462 e. The molecule has 0 amide bonds. The number of carbonyl (C=O) groups is 2. The summed E-state index contributed by atoms with van der Waals surface area (Å²) in [5.74, 6) is -1.25. The number of ketones is 1. The number of rotatable bonds is 6. The van der Waals surface area contributed by atoms with Crippen LogP contribution in [0.15, 0.2) is 12.3 Å². The van der Waals surface area contributed by atoms with Gasteiger partial charge in [-0.2, -0.15) is 5.10 Å². The van der Waals surface area contributed by atoms with Gasteiger partial charge in [0.05, 0.1) is 12.8 Å². The van der Waals surface area contributed by atoms with E-state index >= 15 is 0 Å². The van der Waals surface area contributed by atoms with Crippen LogP contribution >= 0.6 is 0 Å². The number of hydrogen-bond donors (Lipinski definition) is 1. The molecule has 0 spiro atoms. The number of halogens is 2. The van der Waals surface area contributed by atoms with Crippen LogP contribution in [0.1, 0.15) is 51.1 Å². The van der Waals surface area contributed by atoms with E-state index in [0.717, 1.165) is 16.6 Å². The first-order chi connectivity index (χ1) is 10.8. The fraction of sp³-hybridized carbons (Fsp3) is 0.400. The highest BCUT2D eigenvalue weighted by molar-refractivity contribution is 5.97. The van der Waals surface area contributed by atoms with Crippen LogP contribution < -0.4 is 0 Å². The summed E-state index contributed by atoms with van der Waals surface area (Å²) < 4.78 is 32.1. The molecule has 0 aromatic carbocycles. The monoisotopic (exact) mass is 325 g/mol. The first-order valence-electron chi connectivity index (χ1n) is 7.05. The lowest BCUT2D eigenvalue weighted by Crippen LogP contribution is -2.16. The lowest BCUT2D eigenvalue weighted by atomic mass is 10.1. The van der Waals surface area contributed by atoms with E-state index in [9.17, 15) is 18.4 Å². The van der Waals surface area contributed by atoms with E-state index in [1.165, 1.54) is 0 Å². The molecule has 0 radical (unpaired) electrons. The van der Waals surface area contributed by atoms with Crippen LogP contribution in [0.3, 0.4) is 0 Å². The average Bonchev–Trinajstić information content (AvgIpc) is 3.02. The number of H-pyrrole nitrogens is 1. The highest BCUT2D eigenvalue weighted by Crippen LogP contribution is 2.24. The second-order valence-corrected chi connectivity index (χ2v) is 5.04. The number of hydrogen-bond acceptors (Lipinski definition) is 4. The maximum Gasteiger partial charge on any atom is 0.341 e. The molecule has 0 aliphatic carbocycles. The van der Waals surface area contributed by atoms with Gasteiger partial charge in [-0.05, 0) is 26.8 Å². The number of aryl methyl sites for hydroxylation is 2. The second-order valence-electron chi connectivity index (χ2n) is 5.04. The maximum atomic E-state index is 13.3. The summed E-state index contributed by atoms with van der Waals surface area (Å²) in [7, 11) is 0. The Hall–Kier alpha value is -2.51. The fourth-order valence-electron chi connectivity index (χ4n) is 2.35. The molecule has 6 nitrogen and oxygen atoms in total. The van der Waals surface area contributed by atoms with Crippen LogP contribution in [0.25, 0.3) is 0 Å².